The van der Waals surface area contributed by atoms with Crippen LogP contribution in [-0.4, -0.2) is 39.8 Å². The summed E-state index contributed by atoms with van der Waals surface area (Å²) in [7, 11) is 1.52. The molecule has 9 nitrogen and oxygen atoms in total. The summed E-state index contributed by atoms with van der Waals surface area (Å²) in [4.78, 5) is 55.4. The molecule has 3 heterocycles. The first-order valence-corrected chi connectivity index (χ1v) is 15.1. The van der Waals surface area contributed by atoms with Gasteiger partial charge in [0.25, 0.3) is 0 Å². The maximum atomic E-state index is 14.0. The van der Waals surface area contributed by atoms with Crippen molar-refractivity contribution in [1.82, 2.24) is 4.57 Å². The highest BCUT2D eigenvalue weighted by Crippen LogP contribution is 2.55. The predicted molar refractivity (Wildman–Crippen MR) is 162 cm³/mol. The molecule has 1 fully saturated rings. The minimum absolute atomic E-state index is 0.0484. The van der Waals surface area contributed by atoms with Crippen molar-refractivity contribution in [2.24, 2.45) is 5.92 Å². The van der Waals surface area contributed by atoms with Crippen LogP contribution in [0.15, 0.2) is 76.6 Å². The van der Waals surface area contributed by atoms with Gasteiger partial charge in [-0.3, -0.25) is 23.7 Å². The van der Waals surface area contributed by atoms with Gasteiger partial charge in [0.15, 0.2) is 0 Å². The lowest BCUT2D eigenvalue weighted by Crippen LogP contribution is -2.33. The van der Waals surface area contributed by atoms with E-state index < -0.39 is 39.7 Å². The van der Waals surface area contributed by atoms with Crippen LogP contribution < -0.4 is 19.8 Å². The third-order valence-corrected chi connectivity index (χ3v) is 10.6. The van der Waals surface area contributed by atoms with Crippen molar-refractivity contribution in [1.29, 1.82) is 0 Å². The molecule has 214 valence electrons. The van der Waals surface area contributed by atoms with Crippen LogP contribution >= 0.6 is 46.3 Å². The number of ether oxygens (including phenoxy) is 1. The molecule has 0 unspecified atom stereocenters. The van der Waals surface area contributed by atoms with Gasteiger partial charge in [-0.15, -0.1) is 0 Å². The largest absolute Gasteiger partial charge is 0.508 e. The lowest BCUT2D eigenvalue weighted by Gasteiger charge is -2.31. The Balaban J connectivity index is 1.42. The van der Waals surface area contributed by atoms with E-state index in [2.05, 4.69) is 5.32 Å². The summed E-state index contributed by atoms with van der Waals surface area (Å²) in [5, 5.41) is 12.3. The lowest BCUT2D eigenvalue weighted by atomic mass is 9.83. The van der Waals surface area contributed by atoms with E-state index in [9.17, 15) is 24.3 Å². The van der Waals surface area contributed by atoms with Crippen molar-refractivity contribution >= 4 is 75.4 Å². The highest BCUT2D eigenvalue weighted by Gasteiger charge is 2.57. The number of fused-ring (bicyclic) bond motifs is 2. The molecule has 3 aromatic carbocycles. The molecular formula is C29H21Cl2N3O6S2. The number of amides is 3. The fourth-order valence-electron chi connectivity index (χ4n) is 5.23. The number of carbonyl (C=O) groups is 3. The molecule has 42 heavy (non-hydrogen) atoms. The van der Waals surface area contributed by atoms with Gasteiger partial charge in [-0.2, -0.15) is 0 Å². The predicted octanol–water partition coefficient (Wildman–Crippen LogP) is 5.37. The van der Waals surface area contributed by atoms with Gasteiger partial charge >= 0.3 is 4.87 Å². The Labute approximate surface area is 257 Å². The number of carbonyl (C=O) groups excluding carboxylic acids is 3. The topological polar surface area (TPSA) is 118 Å². The van der Waals surface area contributed by atoms with E-state index in [1.165, 1.54) is 35.9 Å². The molecule has 6 rings (SSSR count). The number of nitrogens with zero attached hydrogens (tertiary/aromatic N) is 2. The van der Waals surface area contributed by atoms with Crippen LogP contribution in [-0.2, 0) is 20.9 Å². The van der Waals surface area contributed by atoms with E-state index in [-0.39, 0.29) is 22.3 Å². The number of hydrogen-bond donors (Lipinski definition) is 2. The van der Waals surface area contributed by atoms with Crippen LogP contribution in [0.2, 0.25) is 10.0 Å². The van der Waals surface area contributed by atoms with Gasteiger partial charge in [-0.1, -0.05) is 58.4 Å². The van der Waals surface area contributed by atoms with E-state index in [0.717, 1.165) is 28.0 Å². The molecule has 3 atom stereocenters. The van der Waals surface area contributed by atoms with Crippen molar-refractivity contribution in [3.05, 3.63) is 96.9 Å². The summed E-state index contributed by atoms with van der Waals surface area (Å²) in [5.74, 6) is -2.34. The molecule has 0 spiro atoms. The van der Waals surface area contributed by atoms with Crippen molar-refractivity contribution in [3.8, 4) is 11.5 Å². The van der Waals surface area contributed by atoms with Gasteiger partial charge in [-0.25, -0.2) is 4.90 Å². The molecule has 0 aliphatic carbocycles. The smallest absolute Gasteiger partial charge is 0.308 e. The number of rotatable bonds is 6. The molecular weight excluding hydrogens is 621 g/mol. The summed E-state index contributed by atoms with van der Waals surface area (Å²) in [6.07, 6.45) is 0. The van der Waals surface area contributed by atoms with Crippen LogP contribution in [0.5, 0.6) is 11.5 Å². The van der Waals surface area contributed by atoms with Gasteiger partial charge in [0, 0.05) is 16.5 Å². The molecule has 1 saturated heterocycles. The normalized spacial score (nSPS) is 19.4. The van der Waals surface area contributed by atoms with Crippen LogP contribution in [0.3, 0.4) is 0 Å². The second-order valence-electron chi connectivity index (χ2n) is 9.61. The number of imide groups is 1. The Hall–Kier alpha value is -3.77. The SMILES string of the molecule is COc1ccc(N2C(=O)[C@H]3[C@H](c4cccc(Cl)c4Cl)c4sc(=O)n(CC(=O)Nc5ccc(O)cc5)c4S[C@H]3C2=O)cc1. The molecule has 2 aliphatic rings. The molecule has 4 aromatic rings. The van der Waals surface area contributed by atoms with E-state index in [0.29, 0.717) is 32.6 Å². The number of thiazole rings is 1. The number of hydrogen-bond acceptors (Lipinski definition) is 8. The average molecular weight is 643 g/mol. The van der Waals surface area contributed by atoms with E-state index in [4.69, 9.17) is 27.9 Å². The van der Waals surface area contributed by atoms with Crippen LogP contribution in [0.25, 0.3) is 0 Å². The van der Waals surface area contributed by atoms with Crippen LogP contribution in [0, 0.1) is 5.92 Å². The summed E-state index contributed by atoms with van der Waals surface area (Å²) >= 11 is 15.0. The van der Waals surface area contributed by atoms with Gasteiger partial charge in [0.2, 0.25) is 17.7 Å². The first-order valence-electron chi connectivity index (χ1n) is 12.6. The molecule has 0 saturated carbocycles. The zero-order valence-corrected chi connectivity index (χ0v) is 24.9. The van der Waals surface area contributed by atoms with Crippen LogP contribution in [0.4, 0.5) is 11.4 Å². The first-order chi connectivity index (χ1) is 20.2. The third kappa shape index (κ3) is 4.86. The summed E-state index contributed by atoms with van der Waals surface area (Å²) < 4.78 is 6.53. The number of anilines is 2. The van der Waals surface area contributed by atoms with Gasteiger partial charge < -0.3 is 15.2 Å². The number of benzene rings is 3. The molecule has 0 radical (unpaired) electrons. The zero-order valence-electron chi connectivity index (χ0n) is 21.7. The zero-order chi connectivity index (χ0) is 29.7. The second-order valence-corrected chi connectivity index (χ2v) is 12.5. The minimum atomic E-state index is -0.882. The monoisotopic (exact) mass is 641 g/mol. The Morgan fingerprint density at radius 1 is 1.00 bits per heavy atom. The third-order valence-electron chi connectivity index (χ3n) is 7.15. The lowest BCUT2D eigenvalue weighted by molar-refractivity contribution is -0.122. The molecule has 2 aliphatic heterocycles. The van der Waals surface area contributed by atoms with Crippen molar-refractivity contribution in [2.45, 2.75) is 22.7 Å². The maximum Gasteiger partial charge on any atom is 0.308 e. The number of aromatic hydroxyl groups is 1. The number of thioether (sulfide) groups is 1. The Bertz CT molecular complexity index is 1790. The van der Waals surface area contributed by atoms with Crippen molar-refractivity contribution < 1.29 is 24.2 Å². The van der Waals surface area contributed by atoms with Gasteiger partial charge in [-0.05, 0) is 60.2 Å². The second kappa shape index (κ2) is 11.1. The fraction of sp³-hybridized carbons (Fsp3) is 0.172. The average Bonchev–Trinajstić information content (AvgIpc) is 3.42. The highest BCUT2D eigenvalue weighted by atomic mass is 35.5. The Morgan fingerprint density at radius 2 is 1.71 bits per heavy atom. The van der Waals surface area contributed by atoms with Gasteiger partial charge in [0.05, 0.1) is 33.8 Å². The molecule has 2 N–H and O–H groups in total. The Kier molecular flexibility index (Phi) is 7.52. The number of halogens is 2. The number of aromatic nitrogens is 1. The molecule has 1 aromatic heterocycles. The standard InChI is InChI=1S/C29H21Cl2N3O6S2/c1-40-17-11-7-15(8-12-17)34-26(37)22-21(18-3-2-4-19(30)23(18)31)25-28(41-24(22)27(34)38)33(29(39)42-25)13-20(36)32-14-5-9-16(35)10-6-14/h2-12,21-22,24,35H,13H2,1H3,(H,32,36)/t21-,22-,24+/m0/s1. The number of phenolic OH excluding ortho intramolecular Hbond substituents is 1. The van der Waals surface area contributed by atoms with Crippen molar-refractivity contribution in [3.63, 3.8) is 0 Å². The summed E-state index contributed by atoms with van der Waals surface area (Å²) in [5.41, 5.74) is 1.35. The molecule has 0 bridgehead atoms. The van der Waals surface area contributed by atoms with Gasteiger partial charge in [0.1, 0.15) is 23.3 Å². The summed E-state index contributed by atoms with van der Waals surface area (Å²) in [6.45, 7) is -0.323. The maximum absolute atomic E-state index is 14.0. The highest BCUT2D eigenvalue weighted by molar-refractivity contribution is 8.00. The van der Waals surface area contributed by atoms with Crippen LogP contribution in [0.1, 0.15) is 16.4 Å². The quantitative estimate of drug-likeness (QED) is 0.215. The number of methoxy groups -OCH3 is 1. The molecule has 3 amide bonds. The number of nitrogens with one attached hydrogen (secondary N) is 1. The molecule has 13 heteroatoms. The summed E-state index contributed by atoms with van der Waals surface area (Å²) in [6, 6.07) is 17.6. The van der Waals surface area contributed by atoms with Crippen molar-refractivity contribution in [2.75, 3.05) is 17.3 Å². The number of phenols is 1. The fourth-order valence-corrected chi connectivity index (χ4v) is 8.42. The van der Waals surface area contributed by atoms with E-state index >= 15 is 0 Å². The van der Waals surface area contributed by atoms with E-state index in [1.807, 2.05) is 0 Å². The van der Waals surface area contributed by atoms with E-state index in [1.54, 1.807) is 42.5 Å². The Morgan fingerprint density at radius 3 is 2.40 bits per heavy atom. The minimum Gasteiger partial charge on any atom is -0.508 e. The first kappa shape index (κ1) is 28.4.